The lowest BCUT2D eigenvalue weighted by molar-refractivity contribution is 0.415. The summed E-state index contributed by atoms with van der Waals surface area (Å²) < 4.78 is 5.24. The first kappa shape index (κ1) is 12.8. The third-order valence-electron chi connectivity index (χ3n) is 2.98. The summed E-state index contributed by atoms with van der Waals surface area (Å²) in [5.74, 6) is 0.849. The molecule has 3 nitrogen and oxygen atoms in total. The Kier molecular flexibility index (Phi) is 3.74. The number of benzene rings is 1. The summed E-state index contributed by atoms with van der Waals surface area (Å²) in [4.78, 5) is 9.00. The van der Waals surface area contributed by atoms with Gasteiger partial charge in [0.15, 0.2) is 0 Å². The minimum Gasteiger partial charge on any atom is -0.497 e. The van der Waals surface area contributed by atoms with Crippen LogP contribution in [0.2, 0.25) is 0 Å². The maximum Gasteiger partial charge on any atom is 0.119 e. The summed E-state index contributed by atoms with van der Waals surface area (Å²) in [5.41, 5.74) is 3.10. The van der Waals surface area contributed by atoms with Crippen molar-refractivity contribution in [2.24, 2.45) is 0 Å². The topological polar surface area (TPSA) is 35.0 Å². The normalized spacial score (nSPS) is 10.4. The molecule has 2 heterocycles. The van der Waals surface area contributed by atoms with E-state index in [-0.39, 0.29) is 0 Å². The van der Waals surface area contributed by atoms with Crippen LogP contribution in [0.25, 0.3) is 11.3 Å². The van der Waals surface area contributed by atoms with Crippen LogP contribution in [0, 0.1) is 0 Å². The Morgan fingerprint density at radius 2 is 2.10 bits per heavy atom. The van der Waals surface area contributed by atoms with Gasteiger partial charge in [0.1, 0.15) is 5.75 Å². The van der Waals surface area contributed by atoms with Gasteiger partial charge < -0.3 is 4.74 Å². The third kappa shape index (κ3) is 2.86. The second kappa shape index (κ2) is 5.84. The largest absolute Gasteiger partial charge is 0.497 e. The number of methoxy groups -OCH3 is 1. The Morgan fingerprint density at radius 3 is 2.90 bits per heavy atom. The molecule has 0 N–H and O–H groups in total. The predicted molar refractivity (Wildman–Crippen MR) is 81.1 cm³/mol. The fourth-order valence-corrected chi connectivity index (χ4v) is 2.78. The van der Waals surface area contributed by atoms with E-state index in [4.69, 9.17) is 4.74 Å². The molecule has 0 saturated carbocycles. The van der Waals surface area contributed by atoms with E-state index in [2.05, 4.69) is 15.3 Å². The van der Waals surface area contributed by atoms with Crippen LogP contribution in [0.15, 0.2) is 54.0 Å². The van der Waals surface area contributed by atoms with Gasteiger partial charge in [0, 0.05) is 29.3 Å². The molecule has 0 unspecified atom stereocenters. The molecule has 0 amide bonds. The molecule has 0 radical (unpaired) electrons. The molecular formula is C16H14N2OS. The quantitative estimate of drug-likeness (QED) is 0.730. The zero-order valence-corrected chi connectivity index (χ0v) is 11.9. The maximum atomic E-state index is 5.24. The number of rotatable bonds is 4. The average molecular weight is 282 g/mol. The first-order valence-corrected chi connectivity index (χ1v) is 7.22. The van der Waals surface area contributed by atoms with Crippen LogP contribution in [0.1, 0.15) is 10.7 Å². The van der Waals surface area contributed by atoms with Crippen molar-refractivity contribution >= 4 is 11.3 Å². The molecule has 1 aromatic carbocycles. The highest BCUT2D eigenvalue weighted by atomic mass is 32.1. The fraction of sp³-hybridized carbons (Fsp3) is 0.125. The number of aromatic nitrogens is 2. The summed E-state index contributed by atoms with van der Waals surface area (Å²) in [6.45, 7) is 0. The van der Waals surface area contributed by atoms with Crippen LogP contribution < -0.4 is 4.74 Å². The zero-order valence-electron chi connectivity index (χ0n) is 11.1. The van der Waals surface area contributed by atoms with Crippen molar-refractivity contribution < 1.29 is 4.74 Å². The number of hydrogen-bond acceptors (Lipinski definition) is 4. The maximum absolute atomic E-state index is 5.24. The van der Waals surface area contributed by atoms with Gasteiger partial charge in [-0.2, -0.15) is 0 Å². The zero-order chi connectivity index (χ0) is 13.8. The van der Waals surface area contributed by atoms with Crippen molar-refractivity contribution in [1.29, 1.82) is 0 Å². The van der Waals surface area contributed by atoms with Gasteiger partial charge in [0.2, 0.25) is 0 Å². The van der Waals surface area contributed by atoms with Crippen molar-refractivity contribution in [2.75, 3.05) is 7.11 Å². The smallest absolute Gasteiger partial charge is 0.119 e. The van der Waals surface area contributed by atoms with Crippen LogP contribution in [0.4, 0.5) is 0 Å². The Balaban J connectivity index is 1.83. The van der Waals surface area contributed by atoms with Gasteiger partial charge in [-0.05, 0) is 24.3 Å². The summed E-state index contributed by atoms with van der Waals surface area (Å²) in [6, 6.07) is 13.9. The van der Waals surface area contributed by atoms with Crippen molar-refractivity contribution in [1.82, 2.24) is 9.97 Å². The molecule has 0 bridgehead atoms. The molecule has 0 aliphatic heterocycles. The van der Waals surface area contributed by atoms with Crippen LogP contribution in [-0.4, -0.2) is 17.1 Å². The minimum atomic E-state index is 0.773. The van der Waals surface area contributed by atoms with E-state index in [1.54, 1.807) is 18.4 Å². The van der Waals surface area contributed by atoms with Gasteiger partial charge in [-0.25, -0.2) is 4.98 Å². The summed E-state index contributed by atoms with van der Waals surface area (Å²) in [6.07, 6.45) is 2.58. The molecule has 0 atom stereocenters. The summed E-state index contributed by atoms with van der Waals surface area (Å²) >= 11 is 1.66. The molecule has 20 heavy (non-hydrogen) atoms. The molecule has 0 fully saturated rings. The molecule has 100 valence electrons. The van der Waals surface area contributed by atoms with E-state index in [0.717, 1.165) is 34.1 Å². The number of pyridine rings is 1. The van der Waals surface area contributed by atoms with E-state index in [9.17, 15) is 0 Å². The number of thiazole rings is 1. The second-order valence-electron chi connectivity index (χ2n) is 4.36. The van der Waals surface area contributed by atoms with Crippen LogP contribution >= 0.6 is 11.3 Å². The van der Waals surface area contributed by atoms with Crippen molar-refractivity contribution in [2.45, 2.75) is 6.42 Å². The average Bonchev–Trinajstić information content (AvgIpc) is 2.97. The highest BCUT2D eigenvalue weighted by Crippen LogP contribution is 2.26. The van der Waals surface area contributed by atoms with E-state index >= 15 is 0 Å². The van der Waals surface area contributed by atoms with Gasteiger partial charge in [0.25, 0.3) is 0 Å². The monoisotopic (exact) mass is 282 g/mol. The Hall–Kier alpha value is -2.20. The van der Waals surface area contributed by atoms with E-state index in [0.29, 0.717) is 0 Å². The van der Waals surface area contributed by atoms with Crippen molar-refractivity contribution in [3.8, 4) is 17.0 Å². The lowest BCUT2D eigenvalue weighted by atomic mass is 10.1. The van der Waals surface area contributed by atoms with Gasteiger partial charge in [-0.15, -0.1) is 11.3 Å². The lowest BCUT2D eigenvalue weighted by Gasteiger charge is -2.01. The number of nitrogens with zero attached hydrogens (tertiary/aromatic N) is 2. The molecule has 0 aliphatic rings. The molecule has 0 aliphatic carbocycles. The Morgan fingerprint density at radius 1 is 1.15 bits per heavy atom. The summed E-state index contributed by atoms with van der Waals surface area (Å²) in [5, 5.41) is 3.15. The highest BCUT2D eigenvalue weighted by molar-refractivity contribution is 7.10. The van der Waals surface area contributed by atoms with Gasteiger partial charge in [0.05, 0.1) is 17.8 Å². The third-order valence-corrected chi connectivity index (χ3v) is 3.82. The van der Waals surface area contributed by atoms with Crippen LogP contribution in [0.3, 0.4) is 0 Å². The first-order chi connectivity index (χ1) is 9.85. The lowest BCUT2D eigenvalue weighted by Crippen LogP contribution is -1.90. The van der Waals surface area contributed by atoms with E-state index < -0.39 is 0 Å². The SMILES string of the molecule is COc1cccc(-c2csc(Cc3ccccn3)n2)c1. The van der Waals surface area contributed by atoms with Gasteiger partial charge in [-0.3, -0.25) is 4.98 Å². The molecule has 4 heteroatoms. The Labute approximate surface area is 121 Å². The molecule has 0 saturated heterocycles. The standard InChI is InChI=1S/C16H14N2OS/c1-19-14-7-4-5-12(9-14)15-11-20-16(18-15)10-13-6-2-3-8-17-13/h2-9,11H,10H2,1H3. The number of ether oxygens (including phenoxy) is 1. The minimum absolute atomic E-state index is 0.773. The van der Waals surface area contributed by atoms with Crippen LogP contribution in [0.5, 0.6) is 5.75 Å². The van der Waals surface area contributed by atoms with Gasteiger partial charge >= 0.3 is 0 Å². The molecule has 0 spiro atoms. The molecular weight excluding hydrogens is 268 g/mol. The molecule has 3 rings (SSSR count). The van der Waals surface area contributed by atoms with E-state index in [1.165, 1.54) is 0 Å². The predicted octanol–water partition coefficient (Wildman–Crippen LogP) is 3.80. The van der Waals surface area contributed by atoms with Crippen molar-refractivity contribution in [3.05, 3.63) is 64.7 Å². The first-order valence-electron chi connectivity index (χ1n) is 6.34. The van der Waals surface area contributed by atoms with Gasteiger partial charge in [-0.1, -0.05) is 18.2 Å². The Bertz CT molecular complexity index is 694. The van der Waals surface area contributed by atoms with Crippen molar-refractivity contribution in [3.63, 3.8) is 0 Å². The highest BCUT2D eigenvalue weighted by Gasteiger charge is 2.06. The molecule has 3 aromatic rings. The van der Waals surface area contributed by atoms with E-state index in [1.807, 2.05) is 48.7 Å². The molecule has 2 aromatic heterocycles. The second-order valence-corrected chi connectivity index (χ2v) is 5.30. The fourth-order valence-electron chi connectivity index (χ4n) is 1.96. The summed E-state index contributed by atoms with van der Waals surface area (Å²) in [7, 11) is 1.67. The number of hydrogen-bond donors (Lipinski definition) is 0. The van der Waals surface area contributed by atoms with Crippen LogP contribution in [-0.2, 0) is 6.42 Å².